The molecule has 1 aliphatic heterocycles. The molecule has 1 aliphatic rings. The number of carbonyl (C=O) groups is 1. The second kappa shape index (κ2) is 9.09. The maximum absolute atomic E-state index is 13.6. The Balaban J connectivity index is 1.94. The van der Waals surface area contributed by atoms with E-state index >= 15 is 0 Å². The van der Waals surface area contributed by atoms with E-state index < -0.39 is 39.7 Å². The summed E-state index contributed by atoms with van der Waals surface area (Å²) in [5, 5.41) is 2.49. The fraction of sp³-hybridized carbons (Fsp3) is 0.350. The summed E-state index contributed by atoms with van der Waals surface area (Å²) >= 11 is -1.41. The molecule has 0 aromatic heterocycles. The van der Waals surface area contributed by atoms with E-state index in [4.69, 9.17) is 4.74 Å². The molecule has 162 valence electrons. The minimum Gasteiger partial charge on any atom is -0.598 e. The molecule has 2 N–H and O–H groups in total. The van der Waals surface area contributed by atoms with Crippen LogP contribution in [0.15, 0.2) is 35.2 Å². The Bertz CT molecular complexity index is 954. The van der Waals surface area contributed by atoms with Crippen molar-refractivity contribution in [2.75, 3.05) is 11.9 Å². The number of carbonyl (C=O) groups excluding carboxylic acids is 1. The summed E-state index contributed by atoms with van der Waals surface area (Å²) in [6.07, 6.45) is 0.441. The molecular formula is C20H21F3N2O3S2. The number of hydrogen-bond donors (Lipinski definition) is 2. The standard InChI is InChI=1S/C20H21F3N2O3S2/c1-20(2,3)30(27)25-15-8-9-28-18-12(5-7-16(29-23)17(15)18)19(26)24-11-4-6-13(21)14(22)10-11/h4-7,10,15,25H,8-9H2,1-3H3,(H,24,26)/t15-,30?/m0/s1. The predicted molar refractivity (Wildman–Crippen MR) is 112 cm³/mol. The number of anilines is 1. The van der Waals surface area contributed by atoms with Gasteiger partial charge in [0.05, 0.1) is 30.4 Å². The third-order valence-electron chi connectivity index (χ3n) is 4.47. The van der Waals surface area contributed by atoms with Crippen molar-refractivity contribution in [1.29, 1.82) is 0 Å². The van der Waals surface area contributed by atoms with Crippen molar-refractivity contribution in [3.8, 4) is 5.75 Å². The maximum Gasteiger partial charge on any atom is 0.259 e. The summed E-state index contributed by atoms with van der Waals surface area (Å²) in [4.78, 5) is 13.0. The third kappa shape index (κ3) is 4.88. The van der Waals surface area contributed by atoms with Crippen molar-refractivity contribution in [3.05, 3.63) is 53.1 Å². The Morgan fingerprint density at radius 1 is 1.23 bits per heavy atom. The zero-order valence-electron chi connectivity index (χ0n) is 16.6. The van der Waals surface area contributed by atoms with Crippen LogP contribution in [0.4, 0.5) is 18.4 Å². The average Bonchev–Trinajstić information content (AvgIpc) is 2.69. The van der Waals surface area contributed by atoms with E-state index in [1.165, 1.54) is 18.2 Å². The van der Waals surface area contributed by atoms with Gasteiger partial charge >= 0.3 is 0 Å². The number of hydrogen-bond acceptors (Lipinski definition) is 5. The minimum atomic E-state index is -1.42. The van der Waals surface area contributed by atoms with E-state index in [0.29, 0.717) is 12.0 Å². The Morgan fingerprint density at radius 2 is 1.97 bits per heavy atom. The lowest BCUT2D eigenvalue weighted by Crippen LogP contribution is -2.42. The van der Waals surface area contributed by atoms with Crippen molar-refractivity contribution in [2.24, 2.45) is 0 Å². The summed E-state index contributed by atoms with van der Waals surface area (Å²) in [7, 11) is 0. The summed E-state index contributed by atoms with van der Waals surface area (Å²) in [6.45, 7) is 5.67. The molecule has 2 aromatic carbocycles. The molecule has 0 fully saturated rings. The van der Waals surface area contributed by atoms with Gasteiger partial charge in [0.15, 0.2) is 11.6 Å². The first-order valence-corrected chi connectivity index (χ1v) is 11.0. The third-order valence-corrected chi connectivity index (χ3v) is 6.60. The van der Waals surface area contributed by atoms with Gasteiger partial charge in [0.1, 0.15) is 10.5 Å². The van der Waals surface area contributed by atoms with E-state index in [1.54, 1.807) is 0 Å². The molecule has 2 atom stereocenters. The molecular weight excluding hydrogens is 437 g/mol. The number of rotatable bonds is 5. The minimum absolute atomic E-state index is 0.00779. The Morgan fingerprint density at radius 3 is 2.60 bits per heavy atom. The van der Waals surface area contributed by atoms with Crippen LogP contribution in [0.2, 0.25) is 0 Å². The quantitative estimate of drug-likeness (QED) is 0.612. The topological polar surface area (TPSA) is 73.4 Å². The van der Waals surface area contributed by atoms with Crippen molar-refractivity contribution in [1.82, 2.24) is 4.72 Å². The van der Waals surface area contributed by atoms with Crippen LogP contribution in [0.3, 0.4) is 0 Å². The molecule has 0 bridgehead atoms. The molecule has 10 heteroatoms. The number of amides is 1. The number of nitrogens with one attached hydrogen (secondary N) is 2. The first-order chi connectivity index (χ1) is 14.1. The number of ether oxygens (including phenoxy) is 1. The molecule has 5 nitrogen and oxygen atoms in total. The highest BCUT2D eigenvalue weighted by Gasteiger charge is 2.35. The molecule has 3 rings (SSSR count). The summed E-state index contributed by atoms with van der Waals surface area (Å²) in [5.74, 6) is -2.57. The molecule has 0 saturated heterocycles. The van der Waals surface area contributed by atoms with Gasteiger partial charge < -0.3 is 14.6 Å². The lowest BCUT2D eigenvalue weighted by atomic mass is 9.97. The Kier molecular flexibility index (Phi) is 6.91. The van der Waals surface area contributed by atoms with Crippen LogP contribution in [0.5, 0.6) is 5.75 Å². The van der Waals surface area contributed by atoms with Gasteiger partial charge in [-0.05, 0) is 45.0 Å². The molecule has 30 heavy (non-hydrogen) atoms. The van der Waals surface area contributed by atoms with Crippen molar-refractivity contribution in [3.63, 3.8) is 0 Å². The first-order valence-electron chi connectivity index (χ1n) is 9.14. The van der Waals surface area contributed by atoms with Crippen molar-refractivity contribution < 1.29 is 26.8 Å². The second-order valence-corrected chi connectivity index (χ2v) is 10.3. The van der Waals surface area contributed by atoms with Crippen LogP contribution in [0, 0.1) is 11.6 Å². The van der Waals surface area contributed by atoms with Crippen molar-refractivity contribution >= 4 is 35.1 Å². The first kappa shape index (κ1) is 22.8. The van der Waals surface area contributed by atoms with Gasteiger partial charge in [0.2, 0.25) is 0 Å². The molecule has 2 aromatic rings. The van der Waals surface area contributed by atoms with Gasteiger partial charge in [-0.3, -0.25) is 4.79 Å². The van der Waals surface area contributed by atoms with Crippen LogP contribution in [0.1, 0.15) is 49.2 Å². The maximum atomic E-state index is 13.6. The van der Waals surface area contributed by atoms with Gasteiger partial charge in [-0.1, -0.05) is 0 Å². The van der Waals surface area contributed by atoms with E-state index in [-0.39, 0.29) is 40.7 Å². The average molecular weight is 459 g/mol. The van der Waals surface area contributed by atoms with Crippen LogP contribution in [-0.4, -0.2) is 21.8 Å². The zero-order valence-corrected chi connectivity index (χ0v) is 18.2. The fourth-order valence-electron chi connectivity index (χ4n) is 2.93. The van der Waals surface area contributed by atoms with Crippen molar-refractivity contribution in [2.45, 2.75) is 42.9 Å². The highest BCUT2D eigenvalue weighted by molar-refractivity contribution is 7.94. The monoisotopic (exact) mass is 458 g/mol. The molecule has 1 unspecified atom stereocenters. The van der Waals surface area contributed by atoms with E-state index in [9.17, 15) is 22.0 Å². The number of halogens is 3. The zero-order chi connectivity index (χ0) is 22.1. The summed E-state index contributed by atoms with van der Waals surface area (Å²) < 4.78 is 60.9. The lowest BCUT2D eigenvalue weighted by Gasteiger charge is -2.32. The van der Waals surface area contributed by atoms with Crippen LogP contribution in [-0.2, 0) is 11.4 Å². The molecule has 1 amide bonds. The predicted octanol–water partition coefficient (Wildman–Crippen LogP) is 5.07. The second-order valence-electron chi connectivity index (χ2n) is 7.70. The molecule has 1 heterocycles. The van der Waals surface area contributed by atoms with Gasteiger partial charge in [0.25, 0.3) is 5.91 Å². The molecule has 0 spiro atoms. The van der Waals surface area contributed by atoms with E-state index in [0.717, 1.165) is 12.1 Å². The largest absolute Gasteiger partial charge is 0.598 e. The van der Waals surface area contributed by atoms with Gasteiger partial charge in [-0.25, -0.2) is 8.78 Å². The van der Waals surface area contributed by atoms with Gasteiger partial charge in [-0.2, -0.15) is 3.89 Å². The summed E-state index contributed by atoms with van der Waals surface area (Å²) in [6, 6.07) is 5.35. The number of fused-ring (bicyclic) bond motifs is 1. The Hall–Kier alpha value is -1.88. The smallest absolute Gasteiger partial charge is 0.259 e. The fourth-order valence-corrected chi connectivity index (χ4v) is 4.22. The summed E-state index contributed by atoms with van der Waals surface area (Å²) in [5.41, 5.74) is 0.584. The SMILES string of the molecule is CC(C)(C)[S+]([O-])N[C@H]1CCOc2c(C(=O)Nc3ccc(F)c(F)c3)ccc(SF)c21. The van der Waals surface area contributed by atoms with Crippen LogP contribution >= 0.6 is 12.1 Å². The lowest BCUT2D eigenvalue weighted by molar-refractivity contribution is 0.102. The van der Waals surface area contributed by atoms with Gasteiger partial charge in [0, 0.05) is 40.0 Å². The highest BCUT2D eigenvalue weighted by Crippen LogP contribution is 2.43. The molecule has 0 aliphatic carbocycles. The Labute approximate surface area is 180 Å². The normalized spacial score (nSPS) is 17.1. The molecule has 0 saturated carbocycles. The highest BCUT2D eigenvalue weighted by atomic mass is 32.2. The van der Waals surface area contributed by atoms with E-state index in [1.807, 2.05) is 20.8 Å². The molecule has 0 radical (unpaired) electrons. The number of benzene rings is 2. The van der Waals surface area contributed by atoms with Gasteiger partial charge in [-0.15, -0.1) is 4.72 Å². The van der Waals surface area contributed by atoms with E-state index in [2.05, 4.69) is 10.0 Å². The van der Waals surface area contributed by atoms with Crippen LogP contribution < -0.4 is 14.8 Å². The van der Waals surface area contributed by atoms with Crippen LogP contribution in [0.25, 0.3) is 0 Å².